The molecule has 0 aliphatic carbocycles. The zero-order valence-corrected chi connectivity index (χ0v) is 9.52. The molecule has 2 heterocycles. The fraction of sp³-hybridized carbons (Fsp3) is 0.556. The van der Waals surface area contributed by atoms with Gasteiger partial charge in [0.25, 0.3) is 0 Å². The number of nitrogens with zero attached hydrogens (tertiary/aromatic N) is 4. The van der Waals surface area contributed by atoms with Gasteiger partial charge in [-0.2, -0.15) is 9.90 Å². The molecule has 1 unspecified atom stereocenters. The number of morpholine rings is 1. The van der Waals surface area contributed by atoms with E-state index in [1.807, 2.05) is 0 Å². The molecule has 0 saturated carbocycles. The molecule has 1 aromatic rings. The van der Waals surface area contributed by atoms with Gasteiger partial charge in [0, 0.05) is 6.54 Å². The van der Waals surface area contributed by atoms with Crippen molar-refractivity contribution in [2.75, 3.05) is 25.4 Å². The number of anilines is 1. The number of rotatable bonds is 3. The van der Waals surface area contributed by atoms with Gasteiger partial charge in [-0.1, -0.05) is 0 Å². The number of carboxylic acid groups (broad SMARTS) is 1. The largest absolute Gasteiger partial charge is 0.479 e. The Labute approximate surface area is 102 Å². The van der Waals surface area contributed by atoms with Gasteiger partial charge in [0.1, 0.15) is 6.54 Å². The van der Waals surface area contributed by atoms with Crippen LogP contribution in [-0.4, -0.2) is 62.7 Å². The molecule has 3 N–H and O–H groups in total. The van der Waals surface area contributed by atoms with Crippen molar-refractivity contribution >= 4 is 17.7 Å². The van der Waals surface area contributed by atoms with Crippen molar-refractivity contribution in [1.29, 1.82) is 0 Å². The standard InChI is InChI=1S/C9H13N5O4/c10-7-3-11-14(12-7)5-8(15)13-1-2-18-6(4-13)9(16)17/h3,6H,1-2,4-5H2,(H2,10,12)(H,16,17). The average Bonchev–Trinajstić information content (AvgIpc) is 2.75. The van der Waals surface area contributed by atoms with E-state index >= 15 is 0 Å². The lowest BCUT2D eigenvalue weighted by Crippen LogP contribution is -2.49. The van der Waals surface area contributed by atoms with E-state index in [1.165, 1.54) is 15.9 Å². The number of ether oxygens (including phenoxy) is 1. The van der Waals surface area contributed by atoms with Gasteiger partial charge in [-0.3, -0.25) is 4.79 Å². The number of amides is 1. The number of carbonyl (C=O) groups is 2. The highest BCUT2D eigenvalue weighted by Gasteiger charge is 2.29. The molecule has 18 heavy (non-hydrogen) atoms. The van der Waals surface area contributed by atoms with Gasteiger partial charge >= 0.3 is 5.97 Å². The lowest BCUT2D eigenvalue weighted by Gasteiger charge is -2.30. The van der Waals surface area contributed by atoms with Gasteiger partial charge in [0.2, 0.25) is 5.91 Å². The van der Waals surface area contributed by atoms with Crippen molar-refractivity contribution < 1.29 is 19.4 Å². The van der Waals surface area contributed by atoms with Crippen molar-refractivity contribution in [2.24, 2.45) is 0 Å². The molecule has 0 spiro atoms. The van der Waals surface area contributed by atoms with E-state index < -0.39 is 12.1 Å². The van der Waals surface area contributed by atoms with Crippen LogP contribution < -0.4 is 5.73 Å². The first-order valence-corrected chi connectivity index (χ1v) is 5.34. The van der Waals surface area contributed by atoms with Gasteiger partial charge in [0.15, 0.2) is 11.9 Å². The van der Waals surface area contributed by atoms with Crippen LogP contribution in [-0.2, 0) is 20.9 Å². The molecule has 1 amide bonds. The first-order valence-electron chi connectivity index (χ1n) is 5.34. The molecule has 1 saturated heterocycles. The topological polar surface area (TPSA) is 124 Å². The Morgan fingerprint density at radius 2 is 2.39 bits per heavy atom. The summed E-state index contributed by atoms with van der Waals surface area (Å²) in [7, 11) is 0. The lowest BCUT2D eigenvalue weighted by molar-refractivity contribution is -0.159. The smallest absolute Gasteiger partial charge is 0.334 e. The SMILES string of the molecule is Nc1cnn(CC(=O)N2CCOC(C(=O)O)C2)n1. The number of aliphatic carboxylic acids is 1. The maximum absolute atomic E-state index is 11.9. The zero-order valence-electron chi connectivity index (χ0n) is 9.52. The van der Waals surface area contributed by atoms with Gasteiger partial charge < -0.3 is 20.5 Å². The normalized spacial score (nSPS) is 19.8. The van der Waals surface area contributed by atoms with Crippen LogP contribution in [0.15, 0.2) is 6.20 Å². The van der Waals surface area contributed by atoms with Gasteiger partial charge in [0.05, 0.1) is 19.3 Å². The molecule has 1 atom stereocenters. The molecule has 9 nitrogen and oxygen atoms in total. The Kier molecular flexibility index (Phi) is 3.42. The molecular weight excluding hydrogens is 242 g/mol. The number of carboxylic acids is 1. The molecule has 1 aromatic heterocycles. The number of nitrogens with two attached hydrogens (primary N) is 1. The van der Waals surface area contributed by atoms with Gasteiger partial charge in [-0.25, -0.2) is 4.79 Å². The molecule has 1 fully saturated rings. The maximum atomic E-state index is 11.9. The first kappa shape index (κ1) is 12.3. The summed E-state index contributed by atoms with van der Waals surface area (Å²) >= 11 is 0. The highest BCUT2D eigenvalue weighted by Crippen LogP contribution is 2.06. The van der Waals surface area contributed by atoms with Crippen molar-refractivity contribution in [2.45, 2.75) is 12.6 Å². The molecule has 1 aliphatic rings. The fourth-order valence-electron chi connectivity index (χ4n) is 1.63. The molecule has 0 radical (unpaired) electrons. The van der Waals surface area contributed by atoms with E-state index in [0.29, 0.717) is 6.54 Å². The second kappa shape index (κ2) is 5.00. The molecule has 1 aliphatic heterocycles. The minimum Gasteiger partial charge on any atom is -0.479 e. The molecule has 9 heteroatoms. The minimum atomic E-state index is -1.08. The third-order valence-corrected chi connectivity index (χ3v) is 2.53. The minimum absolute atomic E-state index is 0.0327. The predicted octanol–water partition coefficient (Wildman–Crippen LogP) is -1.83. The van der Waals surface area contributed by atoms with Crippen LogP contribution in [0.3, 0.4) is 0 Å². The monoisotopic (exact) mass is 255 g/mol. The van der Waals surface area contributed by atoms with E-state index in [-0.39, 0.29) is 31.4 Å². The molecule has 0 bridgehead atoms. The number of hydrogen-bond acceptors (Lipinski definition) is 6. The molecule has 0 aromatic carbocycles. The molecule has 2 rings (SSSR count). The van der Waals surface area contributed by atoms with Crippen LogP contribution in [0.4, 0.5) is 5.82 Å². The van der Waals surface area contributed by atoms with E-state index in [9.17, 15) is 9.59 Å². The van der Waals surface area contributed by atoms with Crippen LogP contribution in [0.25, 0.3) is 0 Å². The van der Waals surface area contributed by atoms with Crippen LogP contribution in [0.1, 0.15) is 0 Å². The number of nitrogen functional groups attached to an aromatic ring is 1. The highest BCUT2D eigenvalue weighted by molar-refractivity contribution is 5.78. The van der Waals surface area contributed by atoms with E-state index in [4.69, 9.17) is 15.6 Å². The summed E-state index contributed by atoms with van der Waals surface area (Å²) in [5.41, 5.74) is 5.38. The van der Waals surface area contributed by atoms with Crippen LogP contribution in [0, 0.1) is 0 Å². The van der Waals surface area contributed by atoms with Crippen LogP contribution in [0.2, 0.25) is 0 Å². The predicted molar refractivity (Wildman–Crippen MR) is 58.4 cm³/mol. The Bertz CT molecular complexity index is 460. The number of carbonyl (C=O) groups excluding carboxylic acids is 1. The number of aromatic nitrogens is 3. The lowest BCUT2D eigenvalue weighted by atomic mass is 10.2. The molecular formula is C9H13N5O4. The second-order valence-corrected chi connectivity index (χ2v) is 3.84. The third-order valence-electron chi connectivity index (χ3n) is 2.53. The van der Waals surface area contributed by atoms with Crippen molar-refractivity contribution in [3.63, 3.8) is 0 Å². The first-order chi connectivity index (χ1) is 8.56. The fourth-order valence-corrected chi connectivity index (χ4v) is 1.63. The van der Waals surface area contributed by atoms with E-state index in [1.54, 1.807) is 0 Å². The zero-order chi connectivity index (χ0) is 13.1. The summed E-state index contributed by atoms with van der Waals surface area (Å²) in [6.07, 6.45) is 0.366. The van der Waals surface area contributed by atoms with E-state index in [2.05, 4.69) is 10.2 Å². The van der Waals surface area contributed by atoms with Gasteiger partial charge in [-0.15, -0.1) is 5.10 Å². The van der Waals surface area contributed by atoms with Crippen molar-refractivity contribution in [1.82, 2.24) is 19.9 Å². The Morgan fingerprint density at radius 1 is 1.61 bits per heavy atom. The highest BCUT2D eigenvalue weighted by atomic mass is 16.5. The van der Waals surface area contributed by atoms with Crippen molar-refractivity contribution in [3.05, 3.63) is 6.20 Å². The van der Waals surface area contributed by atoms with Crippen LogP contribution >= 0.6 is 0 Å². The average molecular weight is 255 g/mol. The summed E-state index contributed by atoms with van der Waals surface area (Å²) < 4.78 is 5.02. The summed E-state index contributed by atoms with van der Waals surface area (Å²) in [4.78, 5) is 25.2. The van der Waals surface area contributed by atoms with E-state index in [0.717, 1.165) is 0 Å². The number of hydrogen-bond donors (Lipinski definition) is 2. The summed E-state index contributed by atoms with van der Waals surface area (Å²) in [5.74, 6) is -1.11. The third kappa shape index (κ3) is 2.74. The second-order valence-electron chi connectivity index (χ2n) is 3.84. The summed E-state index contributed by atoms with van der Waals surface area (Å²) in [6, 6.07) is 0. The Morgan fingerprint density at radius 3 is 3.00 bits per heavy atom. The summed E-state index contributed by atoms with van der Waals surface area (Å²) in [5, 5.41) is 16.4. The molecule has 98 valence electrons. The quantitative estimate of drug-likeness (QED) is 0.651. The maximum Gasteiger partial charge on any atom is 0.334 e. The van der Waals surface area contributed by atoms with Crippen LogP contribution in [0.5, 0.6) is 0 Å². The Hall–Kier alpha value is -2.16. The van der Waals surface area contributed by atoms with Crippen molar-refractivity contribution in [3.8, 4) is 0 Å². The summed E-state index contributed by atoms with van der Waals surface area (Å²) in [6.45, 7) is 0.533. The Balaban J connectivity index is 1.94. The van der Waals surface area contributed by atoms with Gasteiger partial charge in [-0.05, 0) is 0 Å².